The van der Waals surface area contributed by atoms with Crippen LogP contribution >= 0.6 is 15.9 Å². The van der Waals surface area contributed by atoms with Gasteiger partial charge in [-0.3, -0.25) is 0 Å². The summed E-state index contributed by atoms with van der Waals surface area (Å²) in [6.45, 7) is 14.4. The molecule has 1 aromatic rings. The first-order chi connectivity index (χ1) is 8.42. The van der Waals surface area contributed by atoms with E-state index in [2.05, 4.69) is 49.4 Å². The van der Waals surface area contributed by atoms with Crippen molar-refractivity contribution in [1.29, 1.82) is 0 Å². The standard InChI is InChI=1S/C9H15Br.C6H6.C2H6/c1-8(10)6-5-7-9(2,3)4;1-2-4-6-5-3-1;1-2/h5-6H,1,7H2,2-4H3;1-6H;1-2H3/b6-5-;;. The SMILES string of the molecule is C=C(Br)/C=C\CC(C)(C)C.CC.c1ccccc1. The van der Waals surface area contributed by atoms with Gasteiger partial charge in [-0.25, -0.2) is 0 Å². The van der Waals surface area contributed by atoms with Crippen LogP contribution in [-0.2, 0) is 0 Å². The van der Waals surface area contributed by atoms with E-state index in [-0.39, 0.29) is 0 Å². The molecular formula is C17H27Br. The largest absolute Gasteiger partial charge is 0.0848 e. The first-order valence-corrected chi connectivity index (χ1v) is 7.22. The average Bonchev–Trinajstić information content (AvgIpc) is 2.32. The molecule has 0 amide bonds. The highest BCUT2D eigenvalue weighted by atomic mass is 79.9. The zero-order valence-electron chi connectivity index (χ0n) is 12.4. The fourth-order valence-electron chi connectivity index (χ4n) is 0.925. The highest BCUT2D eigenvalue weighted by Gasteiger charge is 2.05. The Balaban J connectivity index is 0. The number of allylic oxidation sites excluding steroid dienone is 3. The first kappa shape index (κ1) is 19.5. The molecule has 0 heterocycles. The Morgan fingerprint density at radius 1 is 1.00 bits per heavy atom. The maximum atomic E-state index is 3.70. The van der Waals surface area contributed by atoms with Crippen molar-refractivity contribution in [3.05, 3.63) is 59.6 Å². The molecule has 0 saturated heterocycles. The molecule has 0 saturated carbocycles. The second-order valence-electron chi connectivity index (χ2n) is 4.77. The van der Waals surface area contributed by atoms with E-state index in [9.17, 15) is 0 Å². The minimum atomic E-state index is 0.388. The minimum absolute atomic E-state index is 0.388. The van der Waals surface area contributed by atoms with Gasteiger partial charge >= 0.3 is 0 Å². The summed E-state index contributed by atoms with van der Waals surface area (Å²) in [5, 5.41) is 0. The van der Waals surface area contributed by atoms with Crippen LogP contribution in [0.3, 0.4) is 0 Å². The molecule has 0 aliphatic rings. The summed E-state index contributed by atoms with van der Waals surface area (Å²) >= 11 is 3.26. The van der Waals surface area contributed by atoms with E-state index in [4.69, 9.17) is 0 Å². The molecule has 0 aliphatic heterocycles. The molecule has 0 radical (unpaired) electrons. The second kappa shape index (κ2) is 12.6. The smallest absolute Gasteiger partial charge is 0.00997 e. The molecule has 1 aromatic carbocycles. The van der Waals surface area contributed by atoms with Crippen molar-refractivity contribution in [3.8, 4) is 0 Å². The summed E-state index contributed by atoms with van der Waals surface area (Å²) in [5.74, 6) is 0. The van der Waals surface area contributed by atoms with E-state index in [0.717, 1.165) is 10.9 Å². The fourth-order valence-corrected chi connectivity index (χ4v) is 1.11. The maximum Gasteiger partial charge on any atom is 0.00997 e. The summed E-state index contributed by atoms with van der Waals surface area (Å²) in [6, 6.07) is 12.0. The summed E-state index contributed by atoms with van der Waals surface area (Å²) < 4.78 is 0.941. The molecule has 102 valence electrons. The molecule has 18 heavy (non-hydrogen) atoms. The van der Waals surface area contributed by atoms with Crippen LogP contribution in [0.2, 0.25) is 0 Å². The van der Waals surface area contributed by atoms with Crippen LogP contribution in [-0.4, -0.2) is 0 Å². The lowest BCUT2D eigenvalue weighted by molar-refractivity contribution is 0.420. The number of hydrogen-bond acceptors (Lipinski definition) is 0. The zero-order chi connectivity index (χ0) is 14.4. The third kappa shape index (κ3) is 20.6. The van der Waals surface area contributed by atoms with Crippen LogP contribution in [0.4, 0.5) is 0 Å². The van der Waals surface area contributed by atoms with Crippen LogP contribution in [0, 0.1) is 5.41 Å². The molecule has 0 spiro atoms. The molecule has 0 aromatic heterocycles. The normalized spacial score (nSPS) is 9.89. The third-order valence-electron chi connectivity index (χ3n) is 1.70. The Bertz CT molecular complexity index is 277. The Morgan fingerprint density at radius 3 is 1.56 bits per heavy atom. The van der Waals surface area contributed by atoms with Gasteiger partial charge in [0.05, 0.1) is 0 Å². The lowest BCUT2D eigenvalue weighted by Crippen LogP contribution is -2.01. The molecule has 1 heteroatoms. The van der Waals surface area contributed by atoms with Crippen molar-refractivity contribution >= 4 is 15.9 Å². The summed E-state index contributed by atoms with van der Waals surface area (Å²) in [5.41, 5.74) is 0.388. The lowest BCUT2D eigenvalue weighted by Gasteiger charge is -2.14. The molecule has 0 N–H and O–H groups in total. The van der Waals surface area contributed by atoms with Crippen LogP contribution in [0.5, 0.6) is 0 Å². The van der Waals surface area contributed by atoms with Gasteiger partial charge in [0, 0.05) is 4.48 Å². The van der Waals surface area contributed by atoms with Crippen LogP contribution in [0.25, 0.3) is 0 Å². The predicted molar refractivity (Wildman–Crippen MR) is 89.1 cm³/mol. The van der Waals surface area contributed by atoms with Crippen LogP contribution in [0.15, 0.2) is 59.6 Å². The van der Waals surface area contributed by atoms with Gasteiger partial charge in [-0.05, 0) is 11.8 Å². The Morgan fingerprint density at radius 2 is 1.33 bits per heavy atom. The van der Waals surface area contributed by atoms with Crippen molar-refractivity contribution in [1.82, 2.24) is 0 Å². The first-order valence-electron chi connectivity index (χ1n) is 6.43. The quantitative estimate of drug-likeness (QED) is 0.540. The maximum absolute atomic E-state index is 3.70. The van der Waals surface area contributed by atoms with E-state index in [1.807, 2.05) is 56.3 Å². The predicted octanol–water partition coefficient (Wildman–Crippen LogP) is 6.60. The van der Waals surface area contributed by atoms with E-state index in [0.29, 0.717) is 5.41 Å². The van der Waals surface area contributed by atoms with Gasteiger partial charge in [-0.1, -0.05) is 106 Å². The molecule has 1 rings (SSSR count). The van der Waals surface area contributed by atoms with Gasteiger partial charge in [-0.2, -0.15) is 0 Å². The summed E-state index contributed by atoms with van der Waals surface area (Å²) in [6.07, 6.45) is 5.22. The van der Waals surface area contributed by atoms with Crippen molar-refractivity contribution < 1.29 is 0 Å². The number of benzene rings is 1. The summed E-state index contributed by atoms with van der Waals surface area (Å²) in [7, 11) is 0. The number of rotatable bonds is 2. The molecule has 0 bridgehead atoms. The van der Waals surface area contributed by atoms with Gasteiger partial charge in [0.2, 0.25) is 0 Å². The fraction of sp³-hybridized carbons (Fsp3) is 0.412. The van der Waals surface area contributed by atoms with Gasteiger partial charge in [0.25, 0.3) is 0 Å². The molecule has 0 nitrogen and oxygen atoms in total. The van der Waals surface area contributed by atoms with Gasteiger partial charge in [-0.15, -0.1) is 0 Å². The monoisotopic (exact) mass is 310 g/mol. The van der Waals surface area contributed by atoms with Gasteiger partial charge in [0.1, 0.15) is 0 Å². The van der Waals surface area contributed by atoms with Crippen molar-refractivity contribution in [2.24, 2.45) is 5.41 Å². The van der Waals surface area contributed by atoms with Crippen molar-refractivity contribution in [3.63, 3.8) is 0 Å². The number of halogens is 1. The average molecular weight is 311 g/mol. The zero-order valence-corrected chi connectivity index (χ0v) is 14.0. The molecule has 0 aliphatic carbocycles. The van der Waals surface area contributed by atoms with Crippen molar-refractivity contribution in [2.75, 3.05) is 0 Å². The van der Waals surface area contributed by atoms with Gasteiger partial charge < -0.3 is 0 Å². The van der Waals surface area contributed by atoms with Gasteiger partial charge in [0.15, 0.2) is 0 Å². The number of hydrogen-bond donors (Lipinski definition) is 0. The molecule has 0 atom stereocenters. The van der Waals surface area contributed by atoms with E-state index in [1.165, 1.54) is 0 Å². The molecule has 0 fully saturated rings. The van der Waals surface area contributed by atoms with Crippen molar-refractivity contribution in [2.45, 2.75) is 41.0 Å². The van der Waals surface area contributed by atoms with E-state index < -0.39 is 0 Å². The third-order valence-corrected chi connectivity index (χ3v) is 1.96. The minimum Gasteiger partial charge on any atom is -0.0848 e. The Hall–Kier alpha value is -0.820. The molecular weight excluding hydrogens is 284 g/mol. The molecule has 0 unspecified atom stereocenters. The van der Waals surface area contributed by atoms with E-state index in [1.54, 1.807) is 0 Å². The van der Waals surface area contributed by atoms with E-state index >= 15 is 0 Å². The Labute approximate surface area is 122 Å². The summed E-state index contributed by atoms with van der Waals surface area (Å²) in [4.78, 5) is 0. The highest BCUT2D eigenvalue weighted by Crippen LogP contribution is 2.19. The second-order valence-corrected chi connectivity index (χ2v) is 5.79. The highest BCUT2D eigenvalue weighted by molar-refractivity contribution is 9.11. The Kier molecular flexibility index (Phi) is 13.7. The topological polar surface area (TPSA) is 0 Å². The van der Waals surface area contributed by atoms with Crippen LogP contribution in [0.1, 0.15) is 41.0 Å². The lowest BCUT2D eigenvalue weighted by atomic mass is 9.92. The van der Waals surface area contributed by atoms with Crippen LogP contribution < -0.4 is 0 Å².